The highest BCUT2D eigenvalue weighted by molar-refractivity contribution is 8.00. The van der Waals surface area contributed by atoms with Gasteiger partial charge < -0.3 is 15.2 Å². The Morgan fingerprint density at radius 2 is 1.89 bits per heavy atom. The molecule has 9 heteroatoms. The van der Waals surface area contributed by atoms with E-state index >= 15 is 0 Å². The second kappa shape index (κ2) is 6.47. The monoisotopic (exact) mass is 301 g/mol. The number of amides is 1. The number of hydrogen-bond donors (Lipinski definition) is 2. The third-order valence-corrected chi connectivity index (χ3v) is 3.63. The smallest absolute Gasteiger partial charge is 0.442 e. The third kappa shape index (κ3) is 5.27. The Kier molecular flexibility index (Phi) is 5.48. The molecule has 1 aliphatic rings. The molecule has 110 valence electrons. The minimum Gasteiger partial charge on any atom is -0.481 e. The van der Waals surface area contributed by atoms with Crippen LogP contribution in [0.2, 0.25) is 0 Å². The number of carboxylic acids is 1. The molecule has 1 saturated heterocycles. The molecule has 1 aliphatic heterocycles. The summed E-state index contributed by atoms with van der Waals surface area (Å²) < 4.78 is 40.7. The predicted molar refractivity (Wildman–Crippen MR) is 61.6 cm³/mol. The predicted octanol–water partition coefficient (Wildman–Crippen LogP) is 1.24. The summed E-state index contributed by atoms with van der Waals surface area (Å²) in [4.78, 5) is 22.5. The molecule has 1 rings (SSSR count). The summed E-state index contributed by atoms with van der Waals surface area (Å²) in [5, 5.41) is 11.4. The highest BCUT2D eigenvalue weighted by Gasteiger charge is 2.40. The number of carboxylic acid groups (broad SMARTS) is 1. The fourth-order valence-corrected chi connectivity index (χ4v) is 2.09. The van der Waals surface area contributed by atoms with E-state index in [0.717, 1.165) is 0 Å². The fourth-order valence-electron chi connectivity index (χ4n) is 1.69. The van der Waals surface area contributed by atoms with Crippen molar-refractivity contribution >= 4 is 23.6 Å². The van der Waals surface area contributed by atoms with Gasteiger partial charge >= 0.3 is 11.5 Å². The summed E-state index contributed by atoms with van der Waals surface area (Å²) in [6.45, 7) is 0.349. The SMILES string of the molecule is O=C(CSC(F)(F)F)NCC1(C(=O)O)CCOCC1. The van der Waals surface area contributed by atoms with Crippen LogP contribution in [0, 0.1) is 5.41 Å². The van der Waals surface area contributed by atoms with Gasteiger partial charge in [0.2, 0.25) is 5.91 Å². The first kappa shape index (κ1) is 16.1. The van der Waals surface area contributed by atoms with Crippen molar-refractivity contribution < 1.29 is 32.6 Å². The number of thioether (sulfide) groups is 1. The maximum atomic E-state index is 11.9. The molecule has 0 bridgehead atoms. The maximum absolute atomic E-state index is 11.9. The van der Waals surface area contributed by atoms with Crippen LogP contribution in [0.4, 0.5) is 13.2 Å². The molecule has 0 aromatic carbocycles. The largest absolute Gasteiger partial charge is 0.481 e. The molecule has 0 radical (unpaired) electrons. The number of alkyl halides is 3. The summed E-state index contributed by atoms with van der Waals surface area (Å²) in [7, 11) is 0. The highest BCUT2D eigenvalue weighted by atomic mass is 32.2. The van der Waals surface area contributed by atoms with Crippen LogP contribution in [-0.4, -0.2) is 48.0 Å². The number of ether oxygens (including phenoxy) is 1. The molecule has 0 aromatic rings. The van der Waals surface area contributed by atoms with Gasteiger partial charge in [-0.1, -0.05) is 0 Å². The lowest BCUT2D eigenvalue weighted by Gasteiger charge is -2.33. The molecule has 0 atom stereocenters. The first-order valence-corrected chi connectivity index (χ1v) is 6.52. The maximum Gasteiger partial charge on any atom is 0.442 e. The van der Waals surface area contributed by atoms with Gasteiger partial charge in [0.25, 0.3) is 0 Å². The molecule has 2 N–H and O–H groups in total. The zero-order valence-electron chi connectivity index (χ0n) is 9.96. The Hall–Kier alpha value is -0.960. The average Bonchev–Trinajstić information content (AvgIpc) is 2.34. The van der Waals surface area contributed by atoms with Gasteiger partial charge in [0.15, 0.2) is 0 Å². The molecular formula is C10H14F3NO4S. The molecule has 0 saturated carbocycles. The van der Waals surface area contributed by atoms with Gasteiger partial charge in [-0.05, 0) is 24.6 Å². The Balaban J connectivity index is 2.44. The van der Waals surface area contributed by atoms with Gasteiger partial charge in [-0.3, -0.25) is 9.59 Å². The standard InChI is InChI=1S/C10H14F3NO4S/c11-10(12,13)19-5-7(15)14-6-9(8(16)17)1-3-18-4-2-9/h1-6H2,(H,14,15)(H,16,17). The van der Waals surface area contributed by atoms with Crippen LogP contribution in [0.3, 0.4) is 0 Å². The number of hydrogen-bond acceptors (Lipinski definition) is 4. The van der Waals surface area contributed by atoms with E-state index in [4.69, 9.17) is 9.84 Å². The molecule has 0 aliphatic carbocycles. The van der Waals surface area contributed by atoms with E-state index in [0.29, 0.717) is 0 Å². The van der Waals surface area contributed by atoms with Crippen LogP contribution in [0.1, 0.15) is 12.8 Å². The number of carbonyl (C=O) groups excluding carboxylic acids is 1. The highest BCUT2D eigenvalue weighted by Crippen LogP contribution is 2.31. The molecule has 0 aromatic heterocycles. The second-order valence-corrected chi connectivity index (χ2v) is 5.25. The zero-order valence-corrected chi connectivity index (χ0v) is 10.8. The Morgan fingerprint density at radius 3 is 2.37 bits per heavy atom. The number of nitrogens with one attached hydrogen (secondary N) is 1. The molecule has 5 nitrogen and oxygen atoms in total. The van der Waals surface area contributed by atoms with Crippen LogP contribution in [0.25, 0.3) is 0 Å². The molecule has 0 unspecified atom stereocenters. The summed E-state index contributed by atoms with van der Waals surface area (Å²) in [6, 6.07) is 0. The van der Waals surface area contributed by atoms with E-state index in [1.165, 1.54) is 0 Å². The molecule has 0 spiro atoms. The van der Waals surface area contributed by atoms with Gasteiger partial charge in [-0.15, -0.1) is 0 Å². The summed E-state index contributed by atoms with van der Waals surface area (Å²) >= 11 is -0.449. The van der Waals surface area contributed by atoms with Crippen molar-refractivity contribution in [1.29, 1.82) is 0 Å². The number of aliphatic carboxylic acids is 1. The minimum atomic E-state index is -4.47. The first-order valence-electron chi connectivity index (χ1n) is 5.54. The first-order chi connectivity index (χ1) is 8.75. The van der Waals surface area contributed by atoms with E-state index in [9.17, 15) is 22.8 Å². The topological polar surface area (TPSA) is 75.6 Å². The molecule has 1 amide bonds. The number of carbonyl (C=O) groups is 2. The van der Waals surface area contributed by atoms with Crippen molar-refractivity contribution in [3.05, 3.63) is 0 Å². The average molecular weight is 301 g/mol. The van der Waals surface area contributed by atoms with E-state index < -0.39 is 40.3 Å². The summed E-state index contributed by atoms with van der Waals surface area (Å²) in [6.07, 6.45) is 0.462. The van der Waals surface area contributed by atoms with Crippen LogP contribution in [0.5, 0.6) is 0 Å². The van der Waals surface area contributed by atoms with Crippen molar-refractivity contribution in [2.75, 3.05) is 25.5 Å². The van der Waals surface area contributed by atoms with Crippen molar-refractivity contribution in [1.82, 2.24) is 5.32 Å². The van der Waals surface area contributed by atoms with Crippen LogP contribution >= 0.6 is 11.8 Å². The number of halogens is 3. The van der Waals surface area contributed by atoms with Gasteiger partial charge in [-0.2, -0.15) is 13.2 Å². The van der Waals surface area contributed by atoms with E-state index in [-0.39, 0.29) is 32.6 Å². The van der Waals surface area contributed by atoms with E-state index in [1.54, 1.807) is 0 Å². The fraction of sp³-hybridized carbons (Fsp3) is 0.800. The van der Waals surface area contributed by atoms with Crippen molar-refractivity contribution in [2.45, 2.75) is 18.3 Å². The normalized spacial score (nSPS) is 18.9. The lowest BCUT2D eigenvalue weighted by Crippen LogP contribution is -2.47. The van der Waals surface area contributed by atoms with Gasteiger partial charge in [0.05, 0.1) is 11.2 Å². The van der Waals surface area contributed by atoms with Crippen molar-refractivity contribution in [2.24, 2.45) is 5.41 Å². The molecule has 1 heterocycles. The number of rotatable bonds is 5. The van der Waals surface area contributed by atoms with Crippen LogP contribution in [-0.2, 0) is 14.3 Å². The lowest BCUT2D eigenvalue weighted by atomic mass is 9.80. The van der Waals surface area contributed by atoms with Crippen LogP contribution in [0.15, 0.2) is 0 Å². The molecular weight excluding hydrogens is 287 g/mol. The van der Waals surface area contributed by atoms with Crippen molar-refractivity contribution in [3.63, 3.8) is 0 Å². The Labute approximate surface area is 111 Å². The second-order valence-electron chi connectivity index (χ2n) is 4.21. The quantitative estimate of drug-likeness (QED) is 0.799. The van der Waals surface area contributed by atoms with Crippen LogP contribution < -0.4 is 5.32 Å². The van der Waals surface area contributed by atoms with Gasteiger partial charge in [0.1, 0.15) is 0 Å². The summed E-state index contributed by atoms with van der Waals surface area (Å²) in [5.74, 6) is -2.66. The molecule has 1 fully saturated rings. The Bertz CT molecular complexity index is 342. The minimum absolute atomic E-state index is 0.178. The van der Waals surface area contributed by atoms with E-state index in [1.807, 2.05) is 0 Å². The lowest BCUT2D eigenvalue weighted by molar-refractivity contribution is -0.154. The van der Waals surface area contributed by atoms with Gasteiger partial charge in [-0.25, -0.2) is 0 Å². The third-order valence-electron chi connectivity index (χ3n) is 2.89. The van der Waals surface area contributed by atoms with E-state index in [2.05, 4.69) is 5.32 Å². The Morgan fingerprint density at radius 1 is 1.32 bits per heavy atom. The van der Waals surface area contributed by atoms with Crippen molar-refractivity contribution in [3.8, 4) is 0 Å². The molecule has 19 heavy (non-hydrogen) atoms. The zero-order chi connectivity index (χ0) is 14.5. The van der Waals surface area contributed by atoms with Gasteiger partial charge in [0, 0.05) is 19.8 Å². The summed E-state index contributed by atoms with van der Waals surface area (Å²) in [5.41, 5.74) is -5.61.